The number of alkyl halides is 3. The first-order chi connectivity index (χ1) is 14.9. The van der Waals surface area contributed by atoms with E-state index < -0.39 is 19.8 Å². The number of aromatic nitrogens is 3. The molecule has 2 heterocycles. The number of hydrogen-bond donors (Lipinski definition) is 1. The summed E-state index contributed by atoms with van der Waals surface area (Å²) in [6.07, 6.45) is 2.34. The second kappa shape index (κ2) is 14.4. The molecule has 0 saturated carbocycles. The monoisotopic (exact) mass is 554 g/mol. The largest absolute Gasteiger partial charge is 0.134 e. The summed E-state index contributed by atoms with van der Waals surface area (Å²) in [4.78, 5) is 11.7. The van der Waals surface area contributed by atoms with Crippen molar-refractivity contribution in [3.63, 3.8) is 0 Å². The van der Waals surface area contributed by atoms with Crippen LogP contribution in [-0.2, 0) is 36.8 Å². The fourth-order valence-electron chi connectivity index (χ4n) is 2.77. The van der Waals surface area contributed by atoms with Gasteiger partial charge in [-0.1, -0.05) is 19.1 Å². The maximum Gasteiger partial charge on any atom is -0.0670 e. The standard InChI is InChI=1S/C21H39IN4O5/c1-18(2)15-20(27)23-16-19-17-26(25-24-19)7-8-28-9-10-29-11-12-30-13-14-31-21(3,4)22-5-6-22/h17-18H,5-16H2,1-4H3,(H,23,27). The number of halogens is 1. The normalized spacial score (nSPS) is 14.9. The zero-order valence-electron chi connectivity index (χ0n) is 19.4. The van der Waals surface area contributed by atoms with Crippen molar-refractivity contribution in [3.8, 4) is 0 Å². The molecule has 0 atom stereocenters. The molecule has 1 fully saturated rings. The van der Waals surface area contributed by atoms with E-state index in [4.69, 9.17) is 18.9 Å². The summed E-state index contributed by atoms with van der Waals surface area (Å²) in [5, 5.41) is 11.0. The fraction of sp³-hybridized carbons (Fsp3) is 0.857. The van der Waals surface area contributed by atoms with Gasteiger partial charge in [0.15, 0.2) is 0 Å². The molecule has 2 rings (SSSR count). The van der Waals surface area contributed by atoms with Crippen molar-refractivity contribution < 1.29 is 23.7 Å². The van der Waals surface area contributed by atoms with Crippen LogP contribution in [0.15, 0.2) is 6.20 Å². The summed E-state index contributed by atoms with van der Waals surface area (Å²) in [7, 11) is 0. The molecule has 1 amide bonds. The molecule has 1 aromatic rings. The molecule has 1 N–H and O–H groups in total. The summed E-state index contributed by atoms with van der Waals surface area (Å²) in [6, 6.07) is 0. The number of amides is 1. The van der Waals surface area contributed by atoms with Crippen molar-refractivity contribution >= 4 is 25.7 Å². The molecule has 0 aromatic carbocycles. The average Bonchev–Trinajstić information content (AvgIpc) is 3.48. The predicted molar refractivity (Wildman–Crippen MR) is 128 cm³/mol. The van der Waals surface area contributed by atoms with Gasteiger partial charge in [-0.2, -0.15) is 0 Å². The Kier molecular flexibility index (Phi) is 12.2. The first-order valence-electron chi connectivity index (χ1n) is 11.0. The zero-order valence-corrected chi connectivity index (χ0v) is 21.6. The van der Waals surface area contributed by atoms with Gasteiger partial charge in [-0.25, -0.2) is 4.68 Å². The van der Waals surface area contributed by atoms with Gasteiger partial charge in [0.05, 0.1) is 19.3 Å². The van der Waals surface area contributed by atoms with Gasteiger partial charge in [0.2, 0.25) is 5.91 Å². The van der Waals surface area contributed by atoms with Gasteiger partial charge in [-0.05, 0) is 5.92 Å². The second-order valence-electron chi connectivity index (χ2n) is 8.23. The molecule has 1 aliphatic heterocycles. The molecule has 1 aliphatic rings. The van der Waals surface area contributed by atoms with E-state index in [9.17, 15) is 4.79 Å². The maximum atomic E-state index is 11.7. The van der Waals surface area contributed by atoms with E-state index in [1.54, 1.807) is 4.68 Å². The van der Waals surface area contributed by atoms with Gasteiger partial charge in [0, 0.05) is 6.42 Å². The van der Waals surface area contributed by atoms with E-state index in [2.05, 4.69) is 29.5 Å². The number of carbonyl (C=O) groups excluding carboxylic acids is 1. The van der Waals surface area contributed by atoms with E-state index in [-0.39, 0.29) is 9.51 Å². The quantitative estimate of drug-likeness (QED) is 0.169. The van der Waals surface area contributed by atoms with Crippen LogP contribution in [0.3, 0.4) is 0 Å². The summed E-state index contributed by atoms with van der Waals surface area (Å²) in [5.74, 6) is 0.375. The van der Waals surface area contributed by atoms with Crippen LogP contribution in [0.5, 0.6) is 0 Å². The SMILES string of the molecule is CC(C)CC(=O)NCc1cn(CCOCCOCCOCCOC(C)(C)I2CC2)nn1. The molecule has 1 aromatic heterocycles. The number of ether oxygens (including phenoxy) is 4. The smallest absolute Gasteiger partial charge is 0.0670 e. The van der Waals surface area contributed by atoms with Gasteiger partial charge in [-0.15, -0.1) is 5.10 Å². The maximum absolute atomic E-state index is 11.7. The molecule has 10 heteroatoms. The number of nitrogens with one attached hydrogen (secondary N) is 1. The molecule has 0 bridgehead atoms. The molecule has 0 spiro atoms. The first kappa shape index (κ1) is 26.4. The number of carbonyl (C=O) groups is 1. The third-order valence-electron chi connectivity index (χ3n) is 4.55. The Hall–Kier alpha value is -0.820. The number of rotatable bonds is 18. The second-order valence-corrected chi connectivity index (χ2v) is 15.6. The molecule has 31 heavy (non-hydrogen) atoms. The van der Waals surface area contributed by atoms with Crippen molar-refractivity contribution in [2.45, 2.75) is 50.8 Å². The minimum absolute atomic E-state index is 0.0332. The number of hydrogen-bond acceptors (Lipinski definition) is 7. The Morgan fingerprint density at radius 2 is 1.71 bits per heavy atom. The van der Waals surface area contributed by atoms with Crippen LogP contribution < -0.4 is 5.32 Å². The summed E-state index contributed by atoms with van der Waals surface area (Å²) in [6.45, 7) is 13.5. The van der Waals surface area contributed by atoms with E-state index in [0.717, 1.165) is 5.69 Å². The topological polar surface area (TPSA) is 96.7 Å². The van der Waals surface area contributed by atoms with E-state index in [0.29, 0.717) is 71.7 Å². The van der Waals surface area contributed by atoms with Crippen molar-refractivity contribution in [2.24, 2.45) is 5.92 Å². The molecule has 0 aliphatic carbocycles. The van der Waals surface area contributed by atoms with Gasteiger partial charge < -0.3 is 5.32 Å². The van der Waals surface area contributed by atoms with Gasteiger partial charge >= 0.3 is 111 Å². The molecule has 0 unspecified atom stereocenters. The molecular weight excluding hydrogens is 515 g/mol. The van der Waals surface area contributed by atoms with E-state index in [1.165, 1.54) is 8.86 Å². The Balaban J connectivity index is 1.37. The Labute approximate surface area is 193 Å². The average molecular weight is 554 g/mol. The van der Waals surface area contributed by atoms with Crippen LogP contribution in [0.1, 0.15) is 39.8 Å². The summed E-state index contributed by atoms with van der Waals surface area (Å²) >= 11 is -0.751. The summed E-state index contributed by atoms with van der Waals surface area (Å²) < 4.78 is 27.3. The third-order valence-corrected chi connectivity index (χ3v) is 10.7. The molecule has 180 valence electrons. The molecule has 0 radical (unpaired) electrons. The van der Waals surface area contributed by atoms with Gasteiger partial charge in [-0.3, -0.25) is 4.79 Å². The van der Waals surface area contributed by atoms with Crippen LogP contribution in [0.2, 0.25) is 0 Å². The number of nitrogens with zero attached hydrogens (tertiary/aromatic N) is 3. The molecule has 9 nitrogen and oxygen atoms in total. The van der Waals surface area contributed by atoms with Crippen LogP contribution >= 0.6 is 19.8 Å². The zero-order chi connectivity index (χ0) is 22.5. The Morgan fingerprint density at radius 1 is 1.10 bits per heavy atom. The van der Waals surface area contributed by atoms with Crippen molar-refractivity contribution in [3.05, 3.63) is 11.9 Å². The first-order valence-corrected chi connectivity index (χ1v) is 15.1. The van der Waals surface area contributed by atoms with Gasteiger partial charge in [0.25, 0.3) is 0 Å². The minimum Gasteiger partial charge on any atom is -0.134 e. The summed E-state index contributed by atoms with van der Waals surface area (Å²) in [5.41, 5.74) is 0.740. The van der Waals surface area contributed by atoms with Crippen molar-refractivity contribution in [1.29, 1.82) is 0 Å². The molecular formula is C21H39IN4O5. The van der Waals surface area contributed by atoms with Gasteiger partial charge in [0.1, 0.15) is 5.69 Å². The van der Waals surface area contributed by atoms with E-state index >= 15 is 0 Å². The van der Waals surface area contributed by atoms with Crippen LogP contribution in [-0.4, -0.2) is 79.6 Å². The van der Waals surface area contributed by atoms with Crippen molar-refractivity contribution in [1.82, 2.24) is 20.3 Å². The predicted octanol–water partition coefficient (Wildman–Crippen LogP) is 2.26. The van der Waals surface area contributed by atoms with Crippen molar-refractivity contribution in [2.75, 3.05) is 55.1 Å². The third kappa shape index (κ3) is 12.1. The Bertz CT molecular complexity index is 637. The van der Waals surface area contributed by atoms with E-state index in [1.807, 2.05) is 20.0 Å². The fourth-order valence-corrected chi connectivity index (χ4v) is 7.60. The van der Waals surface area contributed by atoms with Crippen LogP contribution in [0.4, 0.5) is 0 Å². The molecule has 1 saturated heterocycles. The Morgan fingerprint density at radius 3 is 2.32 bits per heavy atom. The van der Waals surface area contributed by atoms with Crippen LogP contribution in [0.25, 0.3) is 0 Å². The minimum atomic E-state index is -0.751. The van der Waals surface area contributed by atoms with Crippen LogP contribution in [0, 0.1) is 5.92 Å².